The minimum atomic E-state index is -0.170. The molecule has 14 heavy (non-hydrogen) atoms. The summed E-state index contributed by atoms with van der Waals surface area (Å²) < 4.78 is 5.57. The van der Waals surface area contributed by atoms with Crippen molar-refractivity contribution in [3.05, 3.63) is 0 Å². The summed E-state index contributed by atoms with van der Waals surface area (Å²) in [7, 11) is 1.77. The van der Waals surface area contributed by atoms with E-state index in [0.29, 0.717) is 0 Å². The molecule has 1 aliphatic heterocycles. The molecule has 3 unspecified atom stereocenters. The zero-order valence-corrected chi connectivity index (χ0v) is 10.2. The third-order valence-electron chi connectivity index (χ3n) is 2.53. The summed E-state index contributed by atoms with van der Waals surface area (Å²) in [6.07, 6.45) is 1.20. The molecular formula is C10H14BrNO2. The van der Waals surface area contributed by atoms with E-state index in [9.17, 15) is 4.79 Å². The third-order valence-corrected chi connectivity index (χ3v) is 2.73. The number of ether oxygens (including phenoxy) is 1. The molecule has 3 atom stereocenters. The van der Waals surface area contributed by atoms with Gasteiger partial charge >= 0.3 is 0 Å². The molecule has 1 rings (SSSR count). The minimum Gasteiger partial charge on any atom is -0.373 e. The molecule has 1 aliphatic rings. The van der Waals surface area contributed by atoms with Crippen molar-refractivity contribution >= 4 is 21.8 Å². The molecule has 4 heteroatoms. The summed E-state index contributed by atoms with van der Waals surface area (Å²) in [6.45, 7) is 4.00. The van der Waals surface area contributed by atoms with Crippen LogP contribution in [0.15, 0.2) is 0 Å². The van der Waals surface area contributed by atoms with Crippen molar-refractivity contribution < 1.29 is 9.53 Å². The van der Waals surface area contributed by atoms with Crippen molar-refractivity contribution in [2.24, 2.45) is 0 Å². The number of nitrogens with zero attached hydrogens (tertiary/aromatic N) is 1. The van der Waals surface area contributed by atoms with Gasteiger partial charge in [0.2, 0.25) is 0 Å². The predicted molar refractivity (Wildman–Crippen MR) is 57.9 cm³/mol. The van der Waals surface area contributed by atoms with Crippen LogP contribution in [0.4, 0.5) is 0 Å². The topological polar surface area (TPSA) is 29.5 Å². The molecule has 0 aromatic rings. The number of likely N-dealkylation sites (N-methyl/N-ethyl adjacent to an activating group) is 1. The average Bonchev–Trinajstić information content (AvgIpc) is 2.44. The first-order valence-electron chi connectivity index (χ1n) is 4.60. The van der Waals surface area contributed by atoms with Crippen LogP contribution in [0.25, 0.3) is 0 Å². The molecule has 0 aromatic carbocycles. The predicted octanol–water partition coefficient (Wildman–Crippen LogP) is 1.37. The van der Waals surface area contributed by atoms with Crippen molar-refractivity contribution in [1.82, 2.24) is 4.90 Å². The summed E-state index contributed by atoms with van der Waals surface area (Å²) in [6, 6.07) is 0.144. The van der Waals surface area contributed by atoms with Gasteiger partial charge in [-0.1, -0.05) is 0 Å². The Morgan fingerprint density at radius 1 is 1.57 bits per heavy atom. The van der Waals surface area contributed by atoms with Gasteiger partial charge in [-0.3, -0.25) is 4.79 Å². The van der Waals surface area contributed by atoms with Gasteiger partial charge in [0.1, 0.15) is 0 Å². The van der Waals surface area contributed by atoms with E-state index in [0.717, 1.165) is 6.42 Å². The quantitative estimate of drug-likeness (QED) is 0.666. The van der Waals surface area contributed by atoms with E-state index in [-0.39, 0.29) is 24.2 Å². The highest BCUT2D eigenvalue weighted by Crippen LogP contribution is 2.23. The van der Waals surface area contributed by atoms with Gasteiger partial charge in [-0.2, -0.15) is 0 Å². The maximum absolute atomic E-state index is 11.4. The highest BCUT2D eigenvalue weighted by molar-refractivity contribution is 9.12. The van der Waals surface area contributed by atoms with Crippen molar-refractivity contribution in [3.63, 3.8) is 0 Å². The van der Waals surface area contributed by atoms with Crippen LogP contribution in [-0.4, -0.2) is 36.1 Å². The number of rotatable bonds is 1. The molecule has 0 N–H and O–H groups in total. The molecule has 0 bridgehead atoms. The fourth-order valence-electron chi connectivity index (χ4n) is 1.80. The number of carbonyl (C=O) groups is 1. The Bertz CT molecular complexity index is 282. The van der Waals surface area contributed by atoms with E-state index in [2.05, 4.69) is 26.7 Å². The maximum atomic E-state index is 11.4. The molecule has 3 nitrogen and oxygen atoms in total. The highest BCUT2D eigenvalue weighted by atomic mass is 79.9. The lowest BCUT2D eigenvalue weighted by Gasteiger charge is -2.24. The first-order valence-corrected chi connectivity index (χ1v) is 5.39. The fourth-order valence-corrected chi connectivity index (χ4v) is 1.97. The maximum Gasteiger partial charge on any atom is 0.299 e. The van der Waals surface area contributed by atoms with Crippen LogP contribution in [0, 0.1) is 10.8 Å². The van der Waals surface area contributed by atoms with Gasteiger partial charge < -0.3 is 9.64 Å². The second kappa shape index (κ2) is 4.81. The second-order valence-electron chi connectivity index (χ2n) is 3.59. The van der Waals surface area contributed by atoms with Crippen LogP contribution in [0.2, 0.25) is 0 Å². The van der Waals surface area contributed by atoms with Gasteiger partial charge in [-0.15, -0.1) is 0 Å². The number of carbonyl (C=O) groups excluding carboxylic acids is 1. The fraction of sp³-hybridized carbons (Fsp3) is 0.700. The van der Waals surface area contributed by atoms with E-state index in [1.807, 2.05) is 13.8 Å². The third kappa shape index (κ3) is 2.49. The van der Waals surface area contributed by atoms with E-state index in [1.165, 1.54) is 0 Å². The Morgan fingerprint density at radius 2 is 2.21 bits per heavy atom. The van der Waals surface area contributed by atoms with E-state index < -0.39 is 0 Å². The van der Waals surface area contributed by atoms with Crippen molar-refractivity contribution in [1.29, 1.82) is 0 Å². The molecule has 1 fully saturated rings. The average molecular weight is 260 g/mol. The molecule has 1 saturated heterocycles. The van der Waals surface area contributed by atoms with E-state index >= 15 is 0 Å². The monoisotopic (exact) mass is 259 g/mol. The normalized spacial score (nSPS) is 30.7. The summed E-state index contributed by atoms with van der Waals surface area (Å²) in [5.74, 6) is 2.29. The molecule has 0 radical (unpaired) electrons. The molecule has 1 heterocycles. The van der Waals surface area contributed by atoms with Gasteiger partial charge in [0.25, 0.3) is 5.91 Å². The summed E-state index contributed by atoms with van der Waals surface area (Å²) >= 11 is 2.91. The van der Waals surface area contributed by atoms with Crippen molar-refractivity contribution in [2.45, 2.75) is 38.5 Å². The largest absolute Gasteiger partial charge is 0.373 e. The zero-order valence-electron chi connectivity index (χ0n) is 8.58. The van der Waals surface area contributed by atoms with E-state index in [4.69, 9.17) is 4.74 Å². The van der Waals surface area contributed by atoms with Crippen molar-refractivity contribution in [2.75, 3.05) is 7.05 Å². The van der Waals surface area contributed by atoms with Crippen LogP contribution < -0.4 is 0 Å². The van der Waals surface area contributed by atoms with Crippen LogP contribution in [0.1, 0.15) is 20.3 Å². The Morgan fingerprint density at radius 3 is 2.64 bits per heavy atom. The van der Waals surface area contributed by atoms with Crippen LogP contribution >= 0.6 is 15.9 Å². The lowest BCUT2D eigenvalue weighted by atomic mass is 10.1. The van der Waals surface area contributed by atoms with Gasteiger partial charge in [0.05, 0.1) is 18.2 Å². The first-order chi connectivity index (χ1) is 6.56. The number of hydrogen-bond acceptors (Lipinski definition) is 2. The smallest absolute Gasteiger partial charge is 0.299 e. The molecule has 0 saturated carbocycles. The SMILES string of the molecule is CC1CC(N(C)C(=O)C#CBr)C(C)O1. The first kappa shape index (κ1) is 11.5. The van der Waals surface area contributed by atoms with Crippen LogP contribution in [0.5, 0.6) is 0 Å². The molecule has 78 valence electrons. The lowest BCUT2D eigenvalue weighted by molar-refractivity contribution is -0.126. The molecule has 0 aromatic heterocycles. The molecular weight excluding hydrogens is 246 g/mol. The lowest BCUT2D eigenvalue weighted by Crippen LogP contribution is -2.40. The molecule has 1 amide bonds. The molecule has 0 spiro atoms. The summed E-state index contributed by atoms with van der Waals surface area (Å²) in [5.41, 5.74) is 0. The highest BCUT2D eigenvalue weighted by Gasteiger charge is 2.34. The Kier molecular flexibility index (Phi) is 3.97. The van der Waals surface area contributed by atoms with Gasteiger partial charge in [0.15, 0.2) is 0 Å². The number of halogens is 1. The Hall–Kier alpha value is -0.530. The minimum absolute atomic E-state index is 0.0936. The van der Waals surface area contributed by atoms with Gasteiger partial charge in [0, 0.05) is 28.9 Å². The Balaban J connectivity index is 2.63. The standard InChI is InChI=1S/C10H14BrNO2/c1-7-6-9(8(2)14-7)12(3)10(13)4-5-11/h7-9H,6H2,1-3H3. The van der Waals surface area contributed by atoms with Gasteiger partial charge in [-0.05, 0) is 25.1 Å². The number of hydrogen-bond donors (Lipinski definition) is 0. The number of amides is 1. The van der Waals surface area contributed by atoms with Crippen molar-refractivity contribution in [3.8, 4) is 10.8 Å². The second-order valence-corrected chi connectivity index (χ2v) is 3.99. The zero-order chi connectivity index (χ0) is 10.7. The Labute approximate surface area is 92.9 Å². The van der Waals surface area contributed by atoms with E-state index in [1.54, 1.807) is 11.9 Å². The molecule has 0 aliphatic carbocycles. The summed E-state index contributed by atoms with van der Waals surface area (Å²) in [4.78, 5) is 15.5. The van der Waals surface area contributed by atoms with Crippen LogP contribution in [0.3, 0.4) is 0 Å². The summed E-state index contributed by atoms with van der Waals surface area (Å²) in [5, 5.41) is 0. The van der Waals surface area contributed by atoms with Crippen LogP contribution in [-0.2, 0) is 9.53 Å². The van der Waals surface area contributed by atoms with Gasteiger partial charge in [-0.25, -0.2) is 0 Å².